The molecule has 1 aromatic carbocycles. The van der Waals surface area contributed by atoms with Gasteiger partial charge in [0.2, 0.25) is 0 Å². The molecule has 0 unspecified atom stereocenters. The molecule has 1 saturated carbocycles. The summed E-state index contributed by atoms with van der Waals surface area (Å²) in [5.74, 6) is 2.59. The van der Waals surface area contributed by atoms with Gasteiger partial charge >= 0.3 is 0 Å². The summed E-state index contributed by atoms with van der Waals surface area (Å²) in [5, 5.41) is 0. The lowest BCUT2D eigenvalue weighted by molar-refractivity contribution is 0.169. The van der Waals surface area contributed by atoms with E-state index < -0.39 is 0 Å². The lowest BCUT2D eigenvalue weighted by atomic mass is 9.68. The van der Waals surface area contributed by atoms with E-state index in [9.17, 15) is 0 Å². The summed E-state index contributed by atoms with van der Waals surface area (Å²) in [5.41, 5.74) is 3.31. The highest BCUT2D eigenvalue weighted by atomic mass is 16.5. The molecule has 2 fully saturated rings. The number of nitrogens with zero attached hydrogens (tertiary/aromatic N) is 2. The second kappa shape index (κ2) is 9.52. The summed E-state index contributed by atoms with van der Waals surface area (Å²) in [6, 6.07) is 7.00. The van der Waals surface area contributed by atoms with Gasteiger partial charge in [-0.1, -0.05) is 34.1 Å². The van der Waals surface area contributed by atoms with Gasteiger partial charge in [-0.3, -0.25) is 4.90 Å². The van der Waals surface area contributed by atoms with Crippen LogP contribution in [0.3, 0.4) is 0 Å². The Hall–Kier alpha value is -1.22. The number of anilines is 1. The van der Waals surface area contributed by atoms with Crippen LogP contribution in [0, 0.1) is 11.3 Å². The van der Waals surface area contributed by atoms with E-state index in [0.29, 0.717) is 11.3 Å². The molecule has 158 valence electrons. The number of benzene rings is 1. The molecule has 3 rings (SSSR count). The van der Waals surface area contributed by atoms with Crippen molar-refractivity contribution in [3.63, 3.8) is 0 Å². The Morgan fingerprint density at radius 2 is 1.64 bits per heavy atom. The molecule has 0 atom stereocenters. The van der Waals surface area contributed by atoms with E-state index in [-0.39, 0.29) is 0 Å². The lowest BCUT2D eigenvalue weighted by Crippen LogP contribution is -2.46. The van der Waals surface area contributed by atoms with Crippen LogP contribution in [0.15, 0.2) is 18.2 Å². The first kappa shape index (κ1) is 21.5. The Labute approximate surface area is 173 Å². The van der Waals surface area contributed by atoms with Gasteiger partial charge in [-0.15, -0.1) is 0 Å². The summed E-state index contributed by atoms with van der Waals surface area (Å²) in [7, 11) is 1.81. The number of hydrogen-bond donors (Lipinski definition) is 0. The third-order valence-electron chi connectivity index (χ3n) is 7.14. The standard InChI is InChI=1S/C25H42N2O/c1-6-7-12-26-13-15-27(16-14-26)23-17-21(18-24(19-23)28-5)20-8-10-22(11-9-20)25(2,3)4/h17-20,22H,6-16H2,1-5H3. The summed E-state index contributed by atoms with van der Waals surface area (Å²) >= 11 is 0. The average Bonchev–Trinajstić information content (AvgIpc) is 2.71. The maximum atomic E-state index is 5.69. The van der Waals surface area contributed by atoms with E-state index in [2.05, 4.69) is 55.7 Å². The Kier molecular flexibility index (Phi) is 7.31. The topological polar surface area (TPSA) is 15.7 Å². The second-order valence-electron chi connectivity index (χ2n) is 10.1. The molecule has 1 aliphatic heterocycles. The molecule has 3 nitrogen and oxygen atoms in total. The van der Waals surface area contributed by atoms with Crippen LogP contribution in [0.2, 0.25) is 0 Å². The first-order valence-electron chi connectivity index (χ1n) is 11.6. The fourth-order valence-electron chi connectivity index (χ4n) is 5.05. The molecular formula is C25H42N2O. The second-order valence-corrected chi connectivity index (χ2v) is 10.1. The van der Waals surface area contributed by atoms with Crippen LogP contribution in [0.5, 0.6) is 5.75 Å². The van der Waals surface area contributed by atoms with Gasteiger partial charge in [-0.2, -0.15) is 0 Å². The Morgan fingerprint density at radius 1 is 0.964 bits per heavy atom. The minimum atomic E-state index is 0.446. The van der Waals surface area contributed by atoms with Crippen molar-refractivity contribution in [2.45, 2.75) is 72.1 Å². The molecule has 0 radical (unpaired) electrons. The fourth-order valence-corrected chi connectivity index (χ4v) is 5.05. The van der Waals surface area contributed by atoms with Crippen molar-refractivity contribution in [1.82, 2.24) is 4.90 Å². The van der Waals surface area contributed by atoms with Crippen LogP contribution in [0.25, 0.3) is 0 Å². The smallest absolute Gasteiger partial charge is 0.121 e. The normalized spacial score (nSPS) is 24.4. The van der Waals surface area contributed by atoms with Crippen molar-refractivity contribution >= 4 is 5.69 Å². The van der Waals surface area contributed by atoms with Gasteiger partial charge in [0.1, 0.15) is 5.75 Å². The number of hydrogen-bond acceptors (Lipinski definition) is 3. The molecule has 1 aromatic rings. The molecular weight excluding hydrogens is 344 g/mol. The minimum Gasteiger partial charge on any atom is -0.497 e. The maximum absolute atomic E-state index is 5.69. The van der Waals surface area contributed by atoms with Gasteiger partial charge in [0.25, 0.3) is 0 Å². The zero-order valence-electron chi connectivity index (χ0n) is 19.0. The number of piperazine rings is 1. The molecule has 0 N–H and O–H groups in total. The lowest BCUT2D eigenvalue weighted by Gasteiger charge is -2.38. The highest BCUT2D eigenvalue weighted by Crippen LogP contribution is 2.44. The number of unbranched alkanes of at least 4 members (excludes halogenated alkanes) is 1. The average molecular weight is 387 g/mol. The van der Waals surface area contributed by atoms with Crippen LogP contribution in [-0.4, -0.2) is 44.7 Å². The summed E-state index contributed by atoms with van der Waals surface area (Å²) in [6.07, 6.45) is 7.96. The molecule has 1 heterocycles. The quantitative estimate of drug-likeness (QED) is 0.602. The molecule has 0 aromatic heterocycles. The van der Waals surface area contributed by atoms with E-state index in [1.54, 1.807) is 0 Å². The third kappa shape index (κ3) is 5.43. The fraction of sp³-hybridized carbons (Fsp3) is 0.760. The van der Waals surface area contributed by atoms with Crippen molar-refractivity contribution in [3.8, 4) is 5.75 Å². The Morgan fingerprint density at radius 3 is 2.21 bits per heavy atom. The van der Waals surface area contributed by atoms with Gasteiger partial charge in [-0.25, -0.2) is 0 Å². The number of rotatable bonds is 6. The third-order valence-corrected chi connectivity index (χ3v) is 7.14. The number of ether oxygens (including phenoxy) is 1. The zero-order chi connectivity index (χ0) is 20.1. The SMILES string of the molecule is CCCCN1CCN(c2cc(OC)cc(C3CCC(C(C)(C)C)CC3)c2)CC1. The summed E-state index contributed by atoms with van der Waals surface area (Å²) in [6.45, 7) is 15.4. The molecule has 0 spiro atoms. The largest absolute Gasteiger partial charge is 0.497 e. The zero-order valence-corrected chi connectivity index (χ0v) is 19.0. The van der Waals surface area contributed by atoms with Crippen molar-refractivity contribution < 1.29 is 4.74 Å². The maximum Gasteiger partial charge on any atom is 0.121 e. The molecule has 0 bridgehead atoms. The van der Waals surface area contributed by atoms with Crippen LogP contribution in [0.1, 0.15) is 77.7 Å². The van der Waals surface area contributed by atoms with E-state index in [4.69, 9.17) is 4.74 Å². The highest BCUT2D eigenvalue weighted by Gasteiger charge is 2.30. The molecule has 0 amide bonds. The Balaban J connectivity index is 1.66. The molecule has 28 heavy (non-hydrogen) atoms. The van der Waals surface area contributed by atoms with E-state index in [0.717, 1.165) is 24.8 Å². The first-order valence-corrected chi connectivity index (χ1v) is 11.6. The van der Waals surface area contributed by atoms with Crippen molar-refractivity contribution in [3.05, 3.63) is 23.8 Å². The van der Waals surface area contributed by atoms with Crippen molar-refractivity contribution in [2.24, 2.45) is 11.3 Å². The Bertz CT molecular complexity index is 605. The van der Waals surface area contributed by atoms with E-state index >= 15 is 0 Å². The van der Waals surface area contributed by atoms with E-state index in [1.165, 1.54) is 69.4 Å². The predicted octanol–water partition coefficient (Wildman–Crippen LogP) is 5.94. The van der Waals surface area contributed by atoms with Crippen molar-refractivity contribution in [1.29, 1.82) is 0 Å². The van der Waals surface area contributed by atoms with Gasteiger partial charge < -0.3 is 9.64 Å². The molecule has 1 aliphatic carbocycles. The van der Waals surface area contributed by atoms with Crippen LogP contribution in [-0.2, 0) is 0 Å². The predicted molar refractivity (Wildman–Crippen MR) is 121 cm³/mol. The van der Waals surface area contributed by atoms with Crippen LogP contribution >= 0.6 is 0 Å². The van der Waals surface area contributed by atoms with Gasteiger partial charge in [0.15, 0.2) is 0 Å². The van der Waals surface area contributed by atoms with Crippen LogP contribution < -0.4 is 9.64 Å². The summed E-state index contributed by atoms with van der Waals surface area (Å²) < 4.78 is 5.69. The van der Waals surface area contributed by atoms with Gasteiger partial charge in [0.05, 0.1) is 7.11 Å². The summed E-state index contributed by atoms with van der Waals surface area (Å²) in [4.78, 5) is 5.18. The number of methoxy groups -OCH3 is 1. The molecule has 1 saturated heterocycles. The van der Waals surface area contributed by atoms with Crippen molar-refractivity contribution in [2.75, 3.05) is 44.7 Å². The minimum absolute atomic E-state index is 0.446. The van der Waals surface area contributed by atoms with Crippen LogP contribution in [0.4, 0.5) is 5.69 Å². The van der Waals surface area contributed by atoms with E-state index in [1.807, 2.05) is 7.11 Å². The highest BCUT2D eigenvalue weighted by molar-refractivity contribution is 5.54. The van der Waals surface area contributed by atoms with Gasteiger partial charge in [0, 0.05) is 37.9 Å². The van der Waals surface area contributed by atoms with Gasteiger partial charge in [-0.05, 0) is 73.6 Å². The monoisotopic (exact) mass is 386 g/mol. The first-order chi connectivity index (χ1) is 13.4. The molecule has 3 heteroatoms. The molecule has 2 aliphatic rings.